The van der Waals surface area contributed by atoms with Crippen LogP contribution in [0.3, 0.4) is 0 Å². The van der Waals surface area contributed by atoms with E-state index >= 15 is 0 Å². The standard InChI is InChI=1S/C17H26FN3O2S/c1-4-19-16(20-9-8-14-6-5-7-15(18)12-14)21-10-11-24(22,23)17(2,3)13-21/h5-7,12H,4,8-11,13H2,1-3H3,(H,19,20). The summed E-state index contributed by atoms with van der Waals surface area (Å²) < 4.78 is 36.7. The zero-order chi connectivity index (χ0) is 17.8. The highest BCUT2D eigenvalue weighted by Gasteiger charge is 2.40. The summed E-state index contributed by atoms with van der Waals surface area (Å²) in [6.07, 6.45) is 0.641. The molecule has 5 nitrogen and oxygen atoms in total. The maximum absolute atomic E-state index is 13.2. The van der Waals surface area contributed by atoms with Gasteiger partial charge in [-0.3, -0.25) is 4.99 Å². The van der Waals surface area contributed by atoms with Gasteiger partial charge in [0.15, 0.2) is 15.8 Å². The van der Waals surface area contributed by atoms with Gasteiger partial charge in [0.25, 0.3) is 0 Å². The molecule has 24 heavy (non-hydrogen) atoms. The summed E-state index contributed by atoms with van der Waals surface area (Å²) in [7, 11) is -3.08. The number of sulfone groups is 1. The largest absolute Gasteiger partial charge is 0.357 e. The van der Waals surface area contributed by atoms with Crippen molar-refractivity contribution in [1.82, 2.24) is 10.2 Å². The molecule has 0 unspecified atom stereocenters. The Hall–Kier alpha value is -1.63. The highest BCUT2D eigenvalue weighted by Crippen LogP contribution is 2.23. The van der Waals surface area contributed by atoms with Crippen LogP contribution in [0.5, 0.6) is 0 Å². The van der Waals surface area contributed by atoms with Crippen LogP contribution in [-0.2, 0) is 16.3 Å². The van der Waals surface area contributed by atoms with Crippen molar-refractivity contribution in [3.63, 3.8) is 0 Å². The lowest BCUT2D eigenvalue weighted by Crippen LogP contribution is -2.57. The fraction of sp³-hybridized carbons (Fsp3) is 0.588. The number of hydrogen-bond acceptors (Lipinski definition) is 3. The molecule has 1 aromatic carbocycles. The molecule has 0 bridgehead atoms. The first-order chi connectivity index (χ1) is 11.2. The van der Waals surface area contributed by atoms with Crippen LogP contribution in [0.1, 0.15) is 26.3 Å². The maximum Gasteiger partial charge on any atom is 0.194 e. The first kappa shape index (κ1) is 18.7. The number of halogens is 1. The minimum absolute atomic E-state index is 0.133. The van der Waals surface area contributed by atoms with Gasteiger partial charge in [-0.05, 0) is 44.9 Å². The second-order valence-corrected chi connectivity index (χ2v) is 9.36. The number of nitrogens with zero attached hydrogens (tertiary/aromatic N) is 2. The van der Waals surface area contributed by atoms with Crippen LogP contribution in [0.2, 0.25) is 0 Å². The van der Waals surface area contributed by atoms with Crippen molar-refractivity contribution in [2.24, 2.45) is 4.99 Å². The molecule has 7 heteroatoms. The summed E-state index contributed by atoms with van der Waals surface area (Å²) in [5, 5.41) is 3.22. The SMILES string of the molecule is CCNC(=NCCc1cccc(F)c1)N1CCS(=O)(=O)C(C)(C)C1. The molecule has 1 aromatic rings. The summed E-state index contributed by atoms with van der Waals surface area (Å²) in [5.74, 6) is 0.608. The number of rotatable bonds is 4. The van der Waals surface area contributed by atoms with Crippen molar-refractivity contribution >= 4 is 15.8 Å². The van der Waals surface area contributed by atoms with Crippen molar-refractivity contribution in [1.29, 1.82) is 0 Å². The lowest BCUT2D eigenvalue weighted by Gasteiger charge is -2.39. The zero-order valence-electron chi connectivity index (χ0n) is 14.5. The molecule has 134 valence electrons. The average Bonchev–Trinajstić information content (AvgIpc) is 2.49. The first-order valence-corrected chi connectivity index (χ1v) is 9.90. The van der Waals surface area contributed by atoms with Gasteiger partial charge in [0, 0.05) is 26.2 Å². The van der Waals surface area contributed by atoms with Crippen LogP contribution in [0, 0.1) is 5.82 Å². The first-order valence-electron chi connectivity index (χ1n) is 8.25. The number of nitrogens with one attached hydrogen (secondary N) is 1. The van der Waals surface area contributed by atoms with E-state index in [0.29, 0.717) is 32.6 Å². The lowest BCUT2D eigenvalue weighted by molar-refractivity contribution is 0.353. The molecular formula is C17H26FN3O2S. The van der Waals surface area contributed by atoms with Gasteiger partial charge in [0.1, 0.15) is 5.82 Å². The molecule has 1 saturated heterocycles. The summed E-state index contributed by atoms with van der Waals surface area (Å²) >= 11 is 0. The van der Waals surface area contributed by atoms with E-state index in [4.69, 9.17) is 0 Å². The molecule has 0 spiro atoms. The predicted octanol–water partition coefficient (Wildman–Crippen LogP) is 1.84. The van der Waals surface area contributed by atoms with E-state index in [0.717, 1.165) is 11.5 Å². The quantitative estimate of drug-likeness (QED) is 0.661. The molecule has 2 rings (SSSR count). The topological polar surface area (TPSA) is 61.8 Å². The molecule has 1 aliphatic heterocycles. The third kappa shape index (κ3) is 4.47. The van der Waals surface area contributed by atoms with E-state index in [1.807, 2.05) is 17.9 Å². The fourth-order valence-electron chi connectivity index (χ4n) is 2.73. The van der Waals surface area contributed by atoms with Crippen molar-refractivity contribution in [3.05, 3.63) is 35.6 Å². The van der Waals surface area contributed by atoms with E-state index in [9.17, 15) is 12.8 Å². The Morgan fingerprint density at radius 2 is 2.17 bits per heavy atom. The fourth-order valence-corrected chi connectivity index (χ4v) is 4.10. The van der Waals surface area contributed by atoms with Crippen LogP contribution < -0.4 is 5.32 Å². The Morgan fingerprint density at radius 1 is 1.42 bits per heavy atom. The third-order valence-electron chi connectivity index (χ3n) is 4.23. The molecule has 0 aliphatic carbocycles. The van der Waals surface area contributed by atoms with Gasteiger partial charge >= 0.3 is 0 Å². The molecule has 0 aromatic heterocycles. The van der Waals surface area contributed by atoms with Gasteiger partial charge in [-0.15, -0.1) is 0 Å². The molecule has 0 radical (unpaired) electrons. The molecule has 1 N–H and O–H groups in total. The van der Waals surface area contributed by atoms with E-state index in [1.165, 1.54) is 12.1 Å². The highest BCUT2D eigenvalue weighted by atomic mass is 32.2. The third-order valence-corrected chi connectivity index (χ3v) is 6.76. The lowest BCUT2D eigenvalue weighted by atomic mass is 10.1. The number of hydrogen-bond donors (Lipinski definition) is 1. The highest BCUT2D eigenvalue weighted by molar-refractivity contribution is 7.92. The Kier molecular flexibility index (Phi) is 5.85. The summed E-state index contributed by atoms with van der Waals surface area (Å²) in [5.41, 5.74) is 0.899. The minimum atomic E-state index is -3.08. The van der Waals surface area contributed by atoms with Gasteiger partial charge in [-0.25, -0.2) is 12.8 Å². The van der Waals surface area contributed by atoms with Gasteiger partial charge in [0.2, 0.25) is 0 Å². The van der Waals surface area contributed by atoms with Crippen LogP contribution in [0.4, 0.5) is 4.39 Å². The van der Waals surface area contributed by atoms with Gasteiger partial charge in [0.05, 0.1) is 10.5 Å². The van der Waals surface area contributed by atoms with Crippen molar-refractivity contribution in [2.75, 3.05) is 31.9 Å². The molecular weight excluding hydrogens is 329 g/mol. The Balaban J connectivity index is 2.06. The Labute approximate surface area is 143 Å². The Morgan fingerprint density at radius 3 is 2.79 bits per heavy atom. The van der Waals surface area contributed by atoms with Crippen molar-refractivity contribution < 1.29 is 12.8 Å². The number of guanidine groups is 1. The van der Waals surface area contributed by atoms with E-state index in [-0.39, 0.29) is 11.6 Å². The van der Waals surface area contributed by atoms with E-state index in [1.54, 1.807) is 19.9 Å². The van der Waals surface area contributed by atoms with Crippen molar-refractivity contribution in [2.45, 2.75) is 31.9 Å². The van der Waals surface area contributed by atoms with Crippen molar-refractivity contribution in [3.8, 4) is 0 Å². The van der Waals surface area contributed by atoms with Crippen LogP contribution in [0.15, 0.2) is 29.3 Å². The van der Waals surface area contributed by atoms with Gasteiger partial charge < -0.3 is 10.2 Å². The Bertz CT molecular complexity index is 702. The van der Waals surface area contributed by atoms with E-state index in [2.05, 4.69) is 10.3 Å². The molecule has 0 amide bonds. The number of benzene rings is 1. The molecule has 1 heterocycles. The second kappa shape index (κ2) is 7.51. The summed E-state index contributed by atoms with van der Waals surface area (Å²) in [6, 6.07) is 6.51. The van der Waals surface area contributed by atoms with E-state index < -0.39 is 14.6 Å². The second-order valence-electron chi connectivity index (χ2n) is 6.62. The zero-order valence-corrected chi connectivity index (χ0v) is 15.4. The predicted molar refractivity (Wildman–Crippen MR) is 95.5 cm³/mol. The monoisotopic (exact) mass is 355 g/mol. The van der Waals surface area contributed by atoms with Crippen LogP contribution in [0.25, 0.3) is 0 Å². The van der Waals surface area contributed by atoms with Gasteiger partial charge in [-0.1, -0.05) is 12.1 Å². The number of aliphatic imine (C=N–C) groups is 1. The maximum atomic E-state index is 13.2. The average molecular weight is 355 g/mol. The smallest absolute Gasteiger partial charge is 0.194 e. The van der Waals surface area contributed by atoms with Crippen LogP contribution in [-0.4, -0.2) is 56.0 Å². The molecule has 1 fully saturated rings. The molecule has 0 saturated carbocycles. The molecule has 1 aliphatic rings. The summed E-state index contributed by atoms with van der Waals surface area (Å²) in [6.45, 7) is 7.58. The molecule has 0 atom stereocenters. The van der Waals surface area contributed by atoms with Gasteiger partial charge in [-0.2, -0.15) is 0 Å². The summed E-state index contributed by atoms with van der Waals surface area (Å²) in [4.78, 5) is 6.59. The minimum Gasteiger partial charge on any atom is -0.357 e. The van der Waals surface area contributed by atoms with Crippen LogP contribution >= 0.6 is 0 Å². The normalized spacial score (nSPS) is 20.0.